The quantitative estimate of drug-likeness (QED) is 0.540. The molecule has 2 aliphatic carbocycles. The van der Waals surface area contributed by atoms with Crippen molar-refractivity contribution >= 4 is 17.5 Å². The van der Waals surface area contributed by atoms with Crippen LogP contribution in [0.4, 0.5) is 0 Å². The number of carbonyl (C=O) groups is 3. The highest BCUT2D eigenvalue weighted by molar-refractivity contribution is 6.11. The van der Waals surface area contributed by atoms with E-state index in [9.17, 15) is 14.4 Å². The minimum atomic E-state index is -0.682. The van der Waals surface area contributed by atoms with E-state index in [0.717, 1.165) is 25.7 Å². The molecule has 2 fully saturated rings. The largest absolute Gasteiger partial charge is 0.465 e. The molecule has 0 heterocycles. The van der Waals surface area contributed by atoms with E-state index in [1.54, 1.807) is 6.92 Å². The van der Waals surface area contributed by atoms with Gasteiger partial charge in [0.1, 0.15) is 11.7 Å². The summed E-state index contributed by atoms with van der Waals surface area (Å²) in [6, 6.07) is 0. The van der Waals surface area contributed by atoms with E-state index in [2.05, 4.69) is 0 Å². The van der Waals surface area contributed by atoms with E-state index in [1.165, 1.54) is 0 Å². The van der Waals surface area contributed by atoms with Crippen molar-refractivity contribution in [1.29, 1.82) is 0 Å². The molecule has 0 aromatic heterocycles. The first kappa shape index (κ1) is 12.3. The molecule has 0 spiro atoms. The Hall–Kier alpha value is -1.19. The lowest BCUT2D eigenvalue weighted by Gasteiger charge is -2.37. The van der Waals surface area contributed by atoms with Crippen molar-refractivity contribution in [2.45, 2.75) is 39.0 Å². The molecule has 0 radical (unpaired) electrons. The highest BCUT2D eigenvalue weighted by atomic mass is 16.5. The average Bonchev–Trinajstić information content (AvgIpc) is 2.29. The van der Waals surface area contributed by atoms with E-state index in [0.29, 0.717) is 0 Å². The van der Waals surface area contributed by atoms with Gasteiger partial charge in [-0.25, -0.2) is 0 Å². The number of ketones is 2. The van der Waals surface area contributed by atoms with Gasteiger partial charge in [0.05, 0.1) is 13.0 Å². The first-order valence-corrected chi connectivity index (χ1v) is 6.37. The molecule has 0 N–H and O–H groups in total. The highest BCUT2D eigenvalue weighted by Crippen LogP contribution is 2.41. The van der Waals surface area contributed by atoms with Crippen molar-refractivity contribution in [3.8, 4) is 0 Å². The minimum Gasteiger partial charge on any atom is -0.465 e. The van der Waals surface area contributed by atoms with Crippen molar-refractivity contribution in [2.75, 3.05) is 6.61 Å². The topological polar surface area (TPSA) is 60.4 Å². The fourth-order valence-corrected chi connectivity index (χ4v) is 3.15. The third-order valence-corrected chi connectivity index (χ3v) is 3.90. The Morgan fingerprint density at radius 3 is 2.65 bits per heavy atom. The lowest BCUT2D eigenvalue weighted by atomic mass is 9.64. The summed E-state index contributed by atoms with van der Waals surface area (Å²) in [7, 11) is 0. The average molecular weight is 238 g/mol. The smallest absolute Gasteiger partial charge is 0.316 e. The number of esters is 1. The van der Waals surface area contributed by atoms with Crippen LogP contribution < -0.4 is 0 Å². The first-order valence-electron chi connectivity index (χ1n) is 6.37. The Bertz CT molecular complexity index is 347. The summed E-state index contributed by atoms with van der Waals surface area (Å²) in [6.07, 6.45) is 3.57. The molecule has 2 rings (SSSR count). The summed E-state index contributed by atoms with van der Waals surface area (Å²) >= 11 is 0. The second-order valence-corrected chi connectivity index (χ2v) is 4.89. The van der Waals surface area contributed by atoms with Crippen molar-refractivity contribution in [3.05, 3.63) is 0 Å². The number of Topliss-reactive ketones (excluding diaryl/α,β-unsaturated/α-hetero) is 2. The predicted molar refractivity (Wildman–Crippen MR) is 60.2 cm³/mol. The Morgan fingerprint density at radius 2 is 1.94 bits per heavy atom. The van der Waals surface area contributed by atoms with Crippen LogP contribution in [0.25, 0.3) is 0 Å². The van der Waals surface area contributed by atoms with Gasteiger partial charge < -0.3 is 4.74 Å². The zero-order chi connectivity index (χ0) is 12.4. The number of hydrogen-bond donors (Lipinski definition) is 0. The molecule has 2 aliphatic rings. The van der Waals surface area contributed by atoms with Gasteiger partial charge >= 0.3 is 5.97 Å². The number of ether oxygens (including phenoxy) is 1. The maximum Gasteiger partial charge on any atom is 0.316 e. The molecule has 2 saturated carbocycles. The van der Waals surface area contributed by atoms with Crippen LogP contribution in [0.1, 0.15) is 39.0 Å². The van der Waals surface area contributed by atoms with Gasteiger partial charge in [-0.1, -0.05) is 12.8 Å². The summed E-state index contributed by atoms with van der Waals surface area (Å²) in [5.41, 5.74) is 0. The zero-order valence-corrected chi connectivity index (χ0v) is 10.1. The molecule has 0 aliphatic heterocycles. The molecule has 3 atom stereocenters. The van der Waals surface area contributed by atoms with Crippen LogP contribution in [0.3, 0.4) is 0 Å². The molecule has 4 heteroatoms. The molecule has 0 saturated heterocycles. The maximum absolute atomic E-state index is 11.9. The molecule has 0 aromatic carbocycles. The zero-order valence-electron chi connectivity index (χ0n) is 10.1. The van der Waals surface area contributed by atoms with Gasteiger partial charge in [-0.15, -0.1) is 0 Å². The van der Waals surface area contributed by atoms with Crippen molar-refractivity contribution < 1.29 is 19.1 Å². The fraction of sp³-hybridized carbons (Fsp3) is 0.769. The normalized spacial score (nSPS) is 33.1. The predicted octanol–water partition coefficient (Wildman–Crippen LogP) is 1.51. The number of carbonyl (C=O) groups excluding carboxylic acids is 3. The van der Waals surface area contributed by atoms with E-state index < -0.39 is 11.9 Å². The van der Waals surface area contributed by atoms with E-state index in [4.69, 9.17) is 4.74 Å². The van der Waals surface area contributed by atoms with Gasteiger partial charge in [0.25, 0.3) is 0 Å². The third kappa shape index (κ3) is 2.26. The second kappa shape index (κ2) is 4.98. The SMILES string of the molecule is CCOC(=O)[C@@H]1C(=O)CC(=O)[C@@H]2CCCC[C@@H]12. The standard InChI is InChI=1S/C13H18O4/c1-2-17-13(16)12-9-6-4-3-5-8(9)10(14)7-11(12)15/h8-9,12H,2-7H2,1H3/t8-,9-,12+/m1/s1. The van der Waals surface area contributed by atoms with Gasteiger partial charge in [0.2, 0.25) is 0 Å². The number of rotatable bonds is 2. The molecule has 4 nitrogen and oxygen atoms in total. The van der Waals surface area contributed by atoms with Crippen molar-refractivity contribution in [1.82, 2.24) is 0 Å². The van der Waals surface area contributed by atoms with Crippen LogP contribution in [-0.4, -0.2) is 24.1 Å². The van der Waals surface area contributed by atoms with E-state index in [-0.39, 0.29) is 36.4 Å². The molecule has 0 aromatic rings. The summed E-state index contributed by atoms with van der Waals surface area (Å²) in [5, 5.41) is 0. The van der Waals surface area contributed by atoms with Gasteiger partial charge in [0, 0.05) is 5.92 Å². The van der Waals surface area contributed by atoms with Crippen LogP contribution in [0.5, 0.6) is 0 Å². The van der Waals surface area contributed by atoms with Crippen LogP contribution in [0.2, 0.25) is 0 Å². The van der Waals surface area contributed by atoms with E-state index >= 15 is 0 Å². The van der Waals surface area contributed by atoms with Gasteiger partial charge in [-0.3, -0.25) is 14.4 Å². The summed E-state index contributed by atoms with van der Waals surface area (Å²) < 4.78 is 4.96. The molecular formula is C13H18O4. The van der Waals surface area contributed by atoms with Crippen LogP contribution in [0.15, 0.2) is 0 Å². The molecule has 17 heavy (non-hydrogen) atoms. The van der Waals surface area contributed by atoms with E-state index in [1.807, 2.05) is 0 Å². The fourth-order valence-electron chi connectivity index (χ4n) is 3.15. The molecule has 94 valence electrons. The second-order valence-electron chi connectivity index (χ2n) is 4.89. The third-order valence-electron chi connectivity index (χ3n) is 3.90. The van der Waals surface area contributed by atoms with Crippen molar-refractivity contribution in [3.63, 3.8) is 0 Å². The molecule has 0 unspecified atom stereocenters. The van der Waals surface area contributed by atoms with Gasteiger partial charge in [0.15, 0.2) is 5.78 Å². The summed E-state index contributed by atoms with van der Waals surface area (Å²) in [5.74, 6) is -1.51. The molecule has 0 amide bonds. The van der Waals surface area contributed by atoms with Crippen molar-refractivity contribution in [2.24, 2.45) is 17.8 Å². The highest BCUT2D eigenvalue weighted by Gasteiger charge is 2.48. The minimum absolute atomic E-state index is 0.0280. The van der Waals surface area contributed by atoms with Crippen LogP contribution in [-0.2, 0) is 19.1 Å². The Labute approximate surface area is 101 Å². The number of hydrogen-bond acceptors (Lipinski definition) is 4. The summed E-state index contributed by atoms with van der Waals surface area (Å²) in [4.78, 5) is 35.5. The van der Waals surface area contributed by atoms with Gasteiger partial charge in [-0.05, 0) is 25.7 Å². The maximum atomic E-state index is 11.9. The first-order chi connectivity index (χ1) is 8.15. The Kier molecular flexibility index (Phi) is 3.60. The van der Waals surface area contributed by atoms with Crippen LogP contribution in [0, 0.1) is 17.8 Å². The Balaban J connectivity index is 2.20. The monoisotopic (exact) mass is 238 g/mol. The Morgan fingerprint density at radius 1 is 1.24 bits per heavy atom. The lowest BCUT2D eigenvalue weighted by molar-refractivity contribution is -0.159. The summed E-state index contributed by atoms with van der Waals surface area (Å²) in [6.45, 7) is 2.02. The lowest BCUT2D eigenvalue weighted by Crippen LogP contribution is -2.46. The van der Waals surface area contributed by atoms with Gasteiger partial charge in [-0.2, -0.15) is 0 Å². The molecule has 0 bridgehead atoms. The molecular weight excluding hydrogens is 220 g/mol. The number of fused-ring (bicyclic) bond motifs is 1. The van der Waals surface area contributed by atoms with Crippen LogP contribution >= 0.6 is 0 Å².